The van der Waals surface area contributed by atoms with Crippen LogP contribution in [-0.2, 0) is 5.88 Å². The molecule has 2 nitrogen and oxygen atoms in total. The van der Waals surface area contributed by atoms with E-state index in [2.05, 4.69) is 4.98 Å². The predicted octanol–water partition coefficient (Wildman–Crippen LogP) is 4.07. The van der Waals surface area contributed by atoms with Crippen molar-refractivity contribution in [2.24, 2.45) is 0 Å². The monoisotopic (exact) mass is 277 g/mol. The molecule has 0 radical (unpaired) electrons. The third-order valence-corrected chi connectivity index (χ3v) is 3.55. The first-order valence-electron chi connectivity index (χ1n) is 5.50. The third-order valence-electron chi connectivity index (χ3n) is 3.03. The lowest BCUT2D eigenvalue weighted by Crippen LogP contribution is -2.05. The molecule has 0 amide bonds. The predicted molar refractivity (Wildman–Crippen MR) is 76.6 cm³/mol. The number of nitrogens with one attached hydrogen (secondary N) is 1. The van der Waals surface area contributed by atoms with E-state index in [-0.39, 0.29) is 5.43 Å². The van der Waals surface area contributed by atoms with E-state index in [1.54, 1.807) is 24.3 Å². The van der Waals surface area contributed by atoms with Crippen LogP contribution in [0, 0.1) is 0 Å². The maximum Gasteiger partial charge on any atom is 0.197 e. The molecule has 2 aromatic carbocycles. The van der Waals surface area contributed by atoms with Crippen LogP contribution in [0.1, 0.15) is 5.56 Å². The molecule has 0 saturated heterocycles. The molecule has 0 fully saturated rings. The van der Waals surface area contributed by atoms with Crippen LogP contribution >= 0.6 is 23.2 Å². The molecule has 0 spiro atoms. The van der Waals surface area contributed by atoms with Crippen molar-refractivity contribution in [1.29, 1.82) is 0 Å². The third kappa shape index (κ3) is 1.69. The highest BCUT2D eigenvalue weighted by Crippen LogP contribution is 2.21. The summed E-state index contributed by atoms with van der Waals surface area (Å²) in [6.45, 7) is 0. The van der Waals surface area contributed by atoms with Crippen molar-refractivity contribution in [3.05, 3.63) is 57.2 Å². The molecule has 0 aliphatic heterocycles. The van der Waals surface area contributed by atoms with Crippen LogP contribution in [0.25, 0.3) is 21.8 Å². The molecule has 0 saturated carbocycles. The van der Waals surface area contributed by atoms with E-state index >= 15 is 0 Å². The van der Waals surface area contributed by atoms with Gasteiger partial charge in [-0.05, 0) is 29.8 Å². The topological polar surface area (TPSA) is 32.9 Å². The molecule has 0 atom stereocenters. The minimum atomic E-state index is 0.00221. The Balaban J connectivity index is 2.56. The number of H-pyrrole nitrogens is 1. The zero-order valence-electron chi connectivity index (χ0n) is 9.34. The van der Waals surface area contributed by atoms with Gasteiger partial charge in [0, 0.05) is 21.7 Å². The normalized spacial score (nSPS) is 11.2. The number of para-hydroxylation sites is 1. The van der Waals surface area contributed by atoms with E-state index in [4.69, 9.17) is 23.2 Å². The van der Waals surface area contributed by atoms with Gasteiger partial charge in [0.2, 0.25) is 0 Å². The van der Waals surface area contributed by atoms with Crippen molar-refractivity contribution in [1.82, 2.24) is 4.98 Å². The first-order valence-corrected chi connectivity index (χ1v) is 6.41. The summed E-state index contributed by atoms with van der Waals surface area (Å²) in [5.74, 6) is 0.360. The number of aromatic amines is 1. The Labute approximate surface area is 113 Å². The van der Waals surface area contributed by atoms with Crippen molar-refractivity contribution < 1.29 is 0 Å². The minimum Gasteiger partial charge on any atom is -0.354 e. The fourth-order valence-electron chi connectivity index (χ4n) is 2.15. The fourth-order valence-corrected chi connectivity index (χ4v) is 2.54. The van der Waals surface area contributed by atoms with Crippen LogP contribution in [0.5, 0.6) is 0 Å². The molecule has 0 unspecified atom stereocenters. The quantitative estimate of drug-likeness (QED) is 0.528. The number of hydrogen-bond acceptors (Lipinski definition) is 1. The number of benzene rings is 2. The van der Waals surface area contributed by atoms with Crippen molar-refractivity contribution >= 4 is 45.0 Å². The number of alkyl halides is 1. The van der Waals surface area contributed by atoms with Gasteiger partial charge in [0.15, 0.2) is 5.43 Å². The Morgan fingerprint density at radius 3 is 2.72 bits per heavy atom. The first-order chi connectivity index (χ1) is 8.70. The molecule has 1 aromatic heterocycles. The van der Waals surface area contributed by atoms with Gasteiger partial charge in [0.1, 0.15) is 0 Å². The summed E-state index contributed by atoms with van der Waals surface area (Å²) >= 11 is 11.8. The standard InChI is InChI=1S/C14H9Cl2NO/c15-7-8-2-1-3-11-13(8)17-12-6-9(16)4-5-10(12)14(11)18/h1-6H,7H2,(H,17,18). The van der Waals surface area contributed by atoms with Gasteiger partial charge in [-0.2, -0.15) is 0 Å². The first kappa shape index (κ1) is 11.6. The second-order valence-corrected chi connectivity index (χ2v) is 4.82. The summed E-state index contributed by atoms with van der Waals surface area (Å²) in [5, 5.41) is 1.89. The van der Waals surface area contributed by atoms with Crippen molar-refractivity contribution in [3.63, 3.8) is 0 Å². The van der Waals surface area contributed by atoms with E-state index in [1.165, 1.54) is 0 Å². The molecular formula is C14H9Cl2NO. The maximum atomic E-state index is 12.4. The smallest absolute Gasteiger partial charge is 0.197 e. The Bertz CT molecular complexity index is 808. The zero-order chi connectivity index (χ0) is 12.7. The van der Waals surface area contributed by atoms with Crippen LogP contribution in [-0.4, -0.2) is 4.98 Å². The summed E-state index contributed by atoms with van der Waals surface area (Å²) in [4.78, 5) is 15.6. The van der Waals surface area contributed by atoms with Crippen LogP contribution in [0.15, 0.2) is 41.2 Å². The van der Waals surface area contributed by atoms with Crippen LogP contribution in [0.2, 0.25) is 5.02 Å². The lowest BCUT2D eigenvalue weighted by molar-refractivity contribution is 1.38. The van der Waals surface area contributed by atoms with Gasteiger partial charge in [-0.15, -0.1) is 11.6 Å². The summed E-state index contributed by atoms with van der Waals surface area (Å²) in [7, 11) is 0. The largest absolute Gasteiger partial charge is 0.354 e. The molecule has 0 bridgehead atoms. The molecule has 18 heavy (non-hydrogen) atoms. The van der Waals surface area contributed by atoms with Gasteiger partial charge >= 0.3 is 0 Å². The van der Waals surface area contributed by atoms with E-state index < -0.39 is 0 Å². The molecule has 3 rings (SSSR count). The van der Waals surface area contributed by atoms with Gasteiger partial charge in [-0.3, -0.25) is 4.79 Å². The van der Waals surface area contributed by atoms with Gasteiger partial charge in [-0.1, -0.05) is 23.7 Å². The number of pyridine rings is 1. The van der Waals surface area contributed by atoms with Crippen molar-refractivity contribution in [2.45, 2.75) is 5.88 Å². The average molecular weight is 278 g/mol. The minimum absolute atomic E-state index is 0.00221. The number of hydrogen-bond donors (Lipinski definition) is 1. The van der Waals surface area contributed by atoms with E-state index in [0.29, 0.717) is 21.7 Å². The highest BCUT2D eigenvalue weighted by atomic mass is 35.5. The Hall–Kier alpha value is -1.51. The molecule has 0 aliphatic carbocycles. The van der Waals surface area contributed by atoms with Crippen molar-refractivity contribution in [3.8, 4) is 0 Å². The summed E-state index contributed by atoms with van der Waals surface area (Å²) in [6, 6.07) is 10.8. The Morgan fingerprint density at radius 1 is 1.11 bits per heavy atom. The summed E-state index contributed by atoms with van der Waals surface area (Å²) in [5.41, 5.74) is 2.43. The highest BCUT2D eigenvalue weighted by molar-refractivity contribution is 6.31. The Kier molecular flexibility index (Phi) is 2.77. The maximum absolute atomic E-state index is 12.4. The molecule has 1 N–H and O–H groups in total. The van der Waals surface area contributed by atoms with Gasteiger partial charge in [-0.25, -0.2) is 0 Å². The lowest BCUT2D eigenvalue weighted by atomic mass is 10.1. The molecule has 4 heteroatoms. The average Bonchev–Trinajstić information content (AvgIpc) is 2.38. The van der Waals surface area contributed by atoms with Gasteiger partial charge < -0.3 is 4.98 Å². The molecule has 90 valence electrons. The molecule has 3 aromatic rings. The summed E-state index contributed by atoms with van der Waals surface area (Å²) < 4.78 is 0. The number of fused-ring (bicyclic) bond motifs is 2. The molecule has 1 heterocycles. The Morgan fingerprint density at radius 2 is 1.94 bits per heavy atom. The number of aromatic nitrogens is 1. The number of rotatable bonds is 1. The number of halogens is 2. The fraction of sp³-hybridized carbons (Fsp3) is 0.0714. The second-order valence-electron chi connectivity index (χ2n) is 4.12. The van der Waals surface area contributed by atoms with E-state index in [1.807, 2.05) is 12.1 Å². The van der Waals surface area contributed by atoms with E-state index in [0.717, 1.165) is 16.6 Å². The van der Waals surface area contributed by atoms with Crippen LogP contribution in [0.3, 0.4) is 0 Å². The van der Waals surface area contributed by atoms with Crippen LogP contribution < -0.4 is 5.43 Å². The van der Waals surface area contributed by atoms with E-state index in [9.17, 15) is 4.79 Å². The lowest BCUT2D eigenvalue weighted by Gasteiger charge is -2.06. The van der Waals surface area contributed by atoms with Gasteiger partial charge in [0.05, 0.1) is 11.0 Å². The summed E-state index contributed by atoms with van der Waals surface area (Å²) in [6.07, 6.45) is 0. The molecule has 0 aliphatic rings. The van der Waals surface area contributed by atoms with Crippen LogP contribution in [0.4, 0.5) is 0 Å². The second kappa shape index (κ2) is 4.30. The van der Waals surface area contributed by atoms with Crippen molar-refractivity contribution in [2.75, 3.05) is 0 Å². The SMILES string of the molecule is O=c1c2ccc(Cl)cc2[nH]c2c(CCl)cccc12. The van der Waals surface area contributed by atoms with Gasteiger partial charge in [0.25, 0.3) is 0 Å². The highest BCUT2D eigenvalue weighted by Gasteiger charge is 2.08. The zero-order valence-corrected chi connectivity index (χ0v) is 10.8. The molecular weight excluding hydrogens is 269 g/mol.